The fraction of sp³-hybridized carbons (Fsp3) is 0.500. The van der Waals surface area contributed by atoms with E-state index in [1.807, 2.05) is 0 Å². The van der Waals surface area contributed by atoms with Gasteiger partial charge in [0.25, 0.3) is 0 Å². The van der Waals surface area contributed by atoms with E-state index in [-0.39, 0.29) is 17.3 Å². The Bertz CT molecular complexity index is 391. The molecule has 0 spiro atoms. The van der Waals surface area contributed by atoms with Gasteiger partial charge in [-0.25, -0.2) is 9.97 Å². The molecule has 2 heterocycles. The first kappa shape index (κ1) is 10.6. The maximum atomic E-state index is 12.6. The topological polar surface area (TPSA) is 37.8 Å². The molecule has 7 heteroatoms. The first-order chi connectivity index (χ1) is 6.98. The third-order valence-corrected chi connectivity index (χ3v) is 2.35. The number of hydrogen-bond acceptors (Lipinski definition) is 3. The molecule has 0 atom stereocenters. The van der Waals surface area contributed by atoms with E-state index in [2.05, 4.69) is 15.3 Å². The highest BCUT2D eigenvalue weighted by molar-refractivity contribution is 6.28. The average Bonchev–Trinajstić information content (AvgIpc) is 2.15. The number of nitrogens with one attached hydrogen (secondary N) is 1. The van der Waals surface area contributed by atoms with Crippen molar-refractivity contribution in [2.24, 2.45) is 0 Å². The lowest BCUT2D eigenvalue weighted by Crippen LogP contribution is -2.28. The van der Waals surface area contributed by atoms with E-state index >= 15 is 0 Å². The lowest BCUT2D eigenvalue weighted by atomic mass is 10.0. The van der Waals surface area contributed by atoms with Gasteiger partial charge < -0.3 is 5.32 Å². The van der Waals surface area contributed by atoms with E-state index in [9.17, 15) is 13.2 Å². The van der Waals surface area contributed by atoms with E-state index in [1.54, 1.807) is 0 Å². The van der Waals surface area contributed by atoms with Crippen molar-refractivity contribution in [3.8, 4) is 0 Å². The standard InChI is InChI=1S/C8H7ClF3N3/c9-7-14-5-3-13-2-1-4(5)6(15-7)8(10,11)12/h13H,1-3H2. The summed E-state index contributed by atoms with van der Waals surface area (Å²) in [5, 5.41) is 2.57. The van der Waals surface area contributed by atoms with Crippen LogP contribution in [0.25, 0.3) is 0 Å². The summed E-state index contributed by atoms with van der Waals surface area (Å²) in [6, 6.07) is 0. The Labute approximate surface area is 88.7 Å². The van der Waals surface area contributed by atoms with Crippen LogP contribution < -0.4 is 5.32 Å². The molecule has 0 bridgehead atoms. The summed E-state index contributed by atoms with van der Waals surface area (Å²) < 4.78 is 37.8. The zero-order chi connectivity index (χ0) is 11.1. The summed E-state index contributed by atoms with van der Waals surface area (Å²) in [5.74, 6) is 0. The van der Waals surface area contributed by atoms with Crippen molar-refractivity contribution >= 4 is 11.6 Å². The molecule has 1 N–H and O–H groups in total. The van der Waals surface area contributed by atoms with Gasteiger partial charge >= 0.3 is 6.18 Å². The largest absolute Gasteiger partial charge is 0.433 e. The second-order valence-corrected chi connectivity index (χ2v) is 3.53. The van der Waals surface area contributed by atoms with Crippen molar-refractivity contribution in [2.45, 2.75) is 19.1 Å². The first-order valence-electron chi connectivity index (χ1n) is 4.31. The van der Waals surface area contributed by atoms with Crippen LogP contribution in [0.5, 0.6) is 0 Å². The van der Waals surface area contributed by atoms with Crippen molar-refractivity contribution in [3.63, 3.8) is 0 Å². The highest BCUT2D eigenvalue weighted by Crippen LogP contribution is 2.33. The van der Waals surface area contributed by atoms with Crippen LogP contribution in [0.15, 0.2) is 0 Å². The third kappa shape index (κ3) is 2.05. The molecule has 0 fully saturated rings. The van der Waals surface area contributed by atoms with Gasteiger partial charge in [-0.2, -0.15) is 13.2 Å². The third-order valence-electron chi connectivity index (χ3n) is 2.18. The Kier molecular flexibility index (Phi) is 2.56. The van der Waals surface area contributed by atoms with Gasteiger partial charge in [0.1, 0.15) is 0 Å². The molecule has 82 valence electrons. The zero-order valence-corrected chi connectivity index (χ0v) is 8.28. The number of fused-ring (bicyclic) bond motifs is 1. The van der Waals surface area contributed by atoms with Crippen LogP contribution in [0.2, 0.25) is 5.28 Å². The van der Waals surface area contributed by atoms with E-state index < -0.39 is 11.9 Å². The van der Waals surface area contributed by atoms with Gasteiger partial charge in [-0.15, -0.1) is 0 Å². The van der Waals surface area contributed by atoms with E-state index in [1.165, 1.54) is 0 Å². The Morgan fingerprint density at radius 2 is 2.00 bits per heavy atom. The minimum absolute atomic E-state index is 0.158. The molecule has 0 saturated heterocycles. The lowest BCUT2D eigenvalue weighted by molar-refractivity contribution is -0.142. The molecule has 0 radical (unpaired) electrons. The van der Waals surface area contributed by atoms with Gasteiger partial charge in [-0.3, -0.25) is 0 Å². The summed E-state index contributed by atoms with van der Waals surface area (Å²) in [6.07, 6.45) is -4.19. The maximum absolute atomic E-state index is 12.6. The Hall–Kier alpha value is -0.880. The van der Waals surface area contributed by atoms with Crippen LogP contribution in [0.4, 0.5) is 13.2 Å². The van der Waals surface area contributed by atoms with Gasteiger partial charge in [0.2, 0.25) is 5.28 Å². The average molecular weight is 238 g/mol. The number of hydrogen-bond donors (Lipinski definition) is 1. The molecule has 0 unspecified atom stereocenters. The monoisotopic (exact) mass is 237 g/mol. The van der Waals surface area contributed by atoms with Crippen LogP contribution in [0.3, 0.4) is 0 Å². The van der Waals surface area contributed by atoms with Gasteiger partial charge in [-0.1, -0.05) is 0 Å². The van der Waals surface area contributed by atoms with Crippen molar-refractivity contribution in [1.29, 1.82) is 0 Å². The Balaban J connectivity index is 2.58. The van der Waals surface area contributed by atoms with Crippen LogP contribution in [0, 0.1) is 0 Å². The summed E-state index contributed by atoms with van der Waals surface area (Å²) in [5.41, 5.74) is -0.404. The molecule has 1 aliphatic rings. The number of halogens is 4. The minimum Gasteiger partial charge on any atom is -0.311 e. The maximum Gasteiger partial charge on any atom is 0.433 e. The van der Waals surface area contributed by atoms with Crippen LogP contribution >= 0.6 is 11.6 Å². The Morgan fingerprint density at radius 1 is 1.27 bits per heavy atom. The number of nitrogens with zero attached hydrogens (tertiary/aromatic N) is 2. The Morgan fingerprint density at radius 3 is 2.67 bits per heavy atom. The van der Waals surface area contributed by atoms with Crippen molar-refractivity contribution in [1.82, 2.24) is 15.3 Å². The van der Waals surface area contributed by atoms with Crippen LogP contribution in [0.1, 0.15) is 17.0 Å². The molecule has 2 rings (SSSR count). The second kappa shape index (κ2) is 3.61. The van der Waals surface area contributed by atoms with Gasteiger partial charge in [-0.05, 0) is 24.6 Å². The summed E-state index contributed by atoms with van der Waals surface area (Å²) >= 11 is 5.44. The van der Waals surface area contributed by atoms with Gasteiger partial charge in [0.05, 0.1) is 5.69 Å². The quantitative estimate of drug-likeness (QED) is 0.699. The van der Waals surface area contributed by atoms with Crippen molar-refractivity contribution < 1.29 is 13.2 Å². The van der Waals surface area contributed by atoms with Crippen molar-refractivity contribution in [2.75, 3.05) is 6.54 Å². The second-order valence-electron chi connectivity index (χ2n) is 3.19. The van der Waals surface area contributed by atoms with Gasteiger partial charge in [0.15, 0.2) is 5.69 Å². The highest BCUT2D eigenvalue weighted by atomic mass is 35.5. The van der Waals surface area contributed by atoms with E-state index in [0.717, 1.165) is 0 Å². The number of aromatic nitrogens is 2. The summed E-state index contributed by atoms with van der Waals surface area (Å²) in [6.45, 7) is 0.807. The SMILES string of the molecule is FC(F)(F)c1nc(Cl)nc2c1CCNC2. The summed E-state index contributed by atoms with van der Waals surface area (Å²) in [7, 11) is 0. The molecule has 1 aromatic heterocycles. The minimum atomic E-state index is -4.46. The van der Waals surface area contributed by atoms with E-state index in [4.69, 9.17) is 11.6 Å². The molecular weight excluding hydrogens is 231 g/mol. The number of rotatable bonds is 0. The van der Waals surface area contributed by atoms with E-state index in [0.29, 0.717) is 18.8 Å². The molecule has 0 saturated carbocycles. The fourth-order valence-electron chi connectivity index (χ4n) is 1.56. The smallest absolute Gasteiger partial charge is 0.311 e. The predicted molar refractivity (Wildman–Crippen MR) is 47.5 cm³/mol. The molecule has 15 heavy (non-hydrogen) atoms. The molecule has 0 aromatic carbocycles. The predicted octanol–water partition coefficient (Wildman–Crippen LogP) is 1.79. The van der Waals surface area contributed by atoms with Crippen molar-refractivity contribution in [3.05, 3.63) is 22.2 Å². The molecule has 0 amide bonds. The van der Waals surface area contributed by atoms with Crippen LogP contribution in [-0.2, 0) is 19.1 Å². The fourth-order valence-corrected chi connectivity index (χ4v) is 1.75. The van der Waals surface area contributed by atoms with Gasteiger partial charge in [0, 0.05) is 12.1 Å². The normalized spacial score (nSPS) is 16.3. The lowest BCUT2D eigenvalue weighted by Gasteiger charge is -2.19. The molecular formula is C8H7ClF3N3. The summed E-state index contributed by atoms with van der Waals surface area (Å²) in [4.78, 5) is 7.04. The molecule has 3 nitrogen and oxygen atoms in total. The highest BCUT2D eigenvalue weighted by Gasteiger charge is 2.37. The van der Waals surface area contributed by atoms with Crippen LogP contribution in [-0.4, -0.2) is 16.5 Å². The molecule has 1 aromatic rings. The molecule has 0 aliphatic carbocycles. The zero-order valence-electron chi connectivity index (χ0n) is 7.53. The molecule has 1 aliphatic heterocycles. The number of alkyl halides is 3. The first-order valence-corrected chi connectivity index (χ1v) is 4.69.